The predicted octanol–water partition coefficient (Wildman–Crippen LogP) is 0.984. The first-order valence-electron chi connectivity index (χ1n) is 5.56. The van der Waals surface area contributed by atoms with Crippen LogP contribution in [-0.2, 0) is 0 Å². The second-order valence-electron chi connectivity index (χ2n) is 4.42. The normalized spacial score (nSPS) is 22.3. The van der Waals surface area contributed by atoms with Gasteiger partial charge in [0.25, 0.3) is 0 Å². The molecule has 2 N–H and O–H groups in total. The van der Waals surface area contributed by atoms with Gasteiger partial charge in [0.1, 0.15) is 0 Å². The summed E-state index contributed by atoms with van der Waals surface area (Å²) in [7, 11) is 0. The summed E-state index contributed by atoms with van der Waals surface area (Å²) in [6.45, 7) is 2.05. The molecule has 1 fully saturated rings. The predicted molar refractivity (Wildman–Crippen MR) is 55.2 cm³/mol. The summed E-state index contributed by atoms with van der Waals surface area (Å²) in [5.41, 5.74) is 0. The van der Waals surface area contributed by atoms with Gasteiger partial charge in [0.05, 0.1) is 13.2 Å². The van der Waals surface area contributed by atoms with Crippen molar-refractivity contribution in [3.05, 3.63) is 0 Å². The lowest BCUT2D eigenvalue weighted by Crippen LogP contribution is -2.48. The van der Waals surface area contributed by atoms with Crippen molar-refractivity contribution in [1.82, 2.24) is 10.2 Å². The van der Waals surface area contributed by atoms with Gasteiger partial charge in [-0.3, -0.25) is 4.90 Å². The Morgan fingerprint density at radius 2 is 1.94 bits per heavy atom. The Kier molecular flexibility index (Phi) is 5.01. The zero-order chi connectivity index (χ0) is 12.2. The number of likely N-dealkylation sites (tertiary alicyclic amines) is 1. The standard InChI is InChI=1S/C10H19F3N2O/c1-8(6-16)14-9-2-4-15(5-3-9)7-10(11,12)13/h8-9,14,16H,2-7H2,1H3. The van der Waals surface area contributed by atoms with E-state index < -0.39 is 12.7 Å². The van der Waals surface area contributed by atoms with E-state index in [1.807, 2.05) is 6.92 Å². The fraction of sp³-hybridized carbons (Fsp3) is 1.00. The summed E-state index contributed by atoms with van der Waals surface area (Å²) in [6, 6.07) is 0.241. The maximum atomic E-state index is 12.1. The van der Waals surface area contributed by atoms with Crippen LogP contribution in [0.2, 0.25) is 0 Å². The molecule has 0 aromatic heterocycles. The lowest BCUT2D eigenvalue weighted by molar-refractivity contribution is -0.148. The Hall–Kier alpha value is -0.330. The molecule has 96 valence electrons. The molecule has 1 saturated heterocycles. The number of nitrogens with one attached hydrogen (secondary N) is 1. The van der Waals surface area contributed by atoms with Crippen LogP contribution < -0.4 is 5.32 Å². The highest BCUT2D eigenvalue weighted by atomic mass is 19.4. The number of halogens is 3. The van der Waals surface area contributed by atoms with E-state index in [0.717, 1.165) is 0 Å². The molecule has 1 unspecified atom stereocenters. The SMILES string of the molecule is CC(CO)NC1CCN(CC(F)(F)F)CC1. The summed E-state index contributed by atoms with van der Waals surface area (Å²) < 4.78 is 36.3. The van der Waals surface area contributed by atoms with Crippen LogP contribution in [0, 0.1) is 0 Å². The number of nitrogens with zero attached hydrogens (tertiary/aromatic N) is 1. The van der Waals surface area contributed by atoms with E-state index in [1.54, 1.807) is 0 Å². The average molecular weight is 240 g/mol. The topological polar surface area (TPSA) is 35.5 Å². The van der Waals surface area contributed by atoms with Gasteiger partial charge in [-0.2, -0.15) is 13.2 Å². The van der Waals surface area contributed by atoms with Gasteiger partial charge in [-0.25, -0.2) is 0 Å². The third-order valence-electron chi connectivity index (χ3n) is 2.78. The Labute approximate surface area is 93.6 Å². The number of hydrogen-bond donors (Lipinski definition) is 2. The van der Waals surface area contributed by atoms with Gasteiger partial charge >= 0.3 is 6.18 Å². The molecular formula is C10H19F3N2O. The average Bonchev–Trinajstić information content (AvgIpc) is 2.18. The maximum Gasteiger partial charge on any atom is 0.401 e. The van der Waals surface area contributed by atoms with Crippen LogP contribution in [-0.4, -0.2) is 54.5 Å². The number of alkyl halides is 3. The van der Waals surface area contributed by atoms with Gasteiger partial charge in [0.2, 0.25) is 0 Å². The molecule has 0 saturated carbocycles. The van der Waals surface area contributed by atoms with Crippen molar-refractivity contribution >= 4 is 0 Å². The van der Waals surface area contributed by atoms with Crippen LogP contribution >= 0.6 is 0 Å². The number of aliphatic hydroxyl groups is 1. The smallest absolute Gasteiger partial charge is 0.395 e. The molecule has 1 rings (SSSR count). The van der Waals surface area contributed by atoms with E-state index in [1.165, 1.54) is 4.90 Å². The van der Waals surface area contributed by atoms with Crippen LogP contribution in [0.15, 0.2) is 0 Å². The number of piperidine rings is 1. The highest BCUT2D eigenvalue weighted by molar-refractivity contribution is 4.80. The van der Waals surface area contributed by atoms with Crippen molar-refractivity contribution in [2.75, 3.05) is 26.2 Å². The summed E-state index contributed by atoms with van der Waals surface area (Å²) in [5.74, 6) is 0. The van der Waals surface area contributed by atoms with Crippen LogP contribution in [0.5, 0.6) is 0 Å². The molecule has 1 heterocycles. The number of hydrogen-bond acceptors (Lipinski definition) is 3. The molecule has 0 bridgehead atoms. The van der Waals surface area contributed by atoms with E-state index in [9.17, 15) is 13.2 Å². The van der Waals surface area contributed by atoms with Crippen LogP contribution in [0.1, 0.15) is 19.8 Å². The van der Waals surface area contributed by atoms with Crippen molar-refractivity contribution in [3.8, 4) is 0 Å². The van der Waals surface area contributed by atoms with E-state index in [0.29, 0.717) is 25.9 Å². The van der Waals surface area contributed by atoms with Crippen LogP contribution in [0.3, 0.4) is 0 Å². The summed E-state index contributed by atoms with van der Waals surface area (Å²) >= 11 is 0. The minimum absolute atomic E-state index is 0.0131. The van der Waals surface area contributed by atoms with Gasteiger partial charge in [-0.1, -0.05) is 0 Å². The summed E-state index contributed by atoms with van der Waals surface area (Å²) in [6.07, 6.45) is -2.68. The van der Waals surface area contributed by atoms with E-state index in [-0.39, 0.29) is 18.7 Å². The molecule has 6 heteroatoms. The molecule has 0 amide bonds. The van der Waals surface area contributed by atoms with Crippen LogP contribution in [0.4, 0.5) is 13.2 Å². The second-order valence-corrected chi connectivity index (χ2v) is 4.42. The second kappa shape index (κ2) is 5.84. The van der Waals surface area contributed by atoms with Crippen molar-refractivity contribution < 1.29 is 18.3 Å². The van der Waals surface area contributed by atoms with Crippen molar-refractivity contribution in [2.24, 2.45) is 0 Å². The zero-order valence-corrected chi connectivity index (χ0v) is 9.43. The molecule has 1 aliphatic rings. The molecule has 0 aromatic rings. The quantitative estimate of drug-likeness (QED) is 0.769. The molecule has 1 atom stereocenters. The largest absolute Gasteiger partial charge is 0.401 e. The molecule has 0 spiro atoms. The molecule has 0 radical (unpaired) electrons. The third kappa shape index (κ3) is 5.14. The van der Waals surface area contributed by atoms with Gasteiger partial charge in [-0.05, 0) is 32.9 Å². The minimum atomic E-state index is -4.10. The third-order valence-corrected chi connectivity index (χ3v) is 2.78. The van der Waals surface area contributed by atoms with Gasteiger partial charge in [-0.15, -0.1) is 0 Å². The molecule has 3 nitrogen and oxygen atoms in total. The molecule has 0 aromatic carbocycles. The van der Waals surface area contributed by atoms with Crippen molar-refractivity contribution in [2.45, 2.75) is 38.0 Å². The maximum absolute atomic E-state index is 12.1. The van der Waals surface area contributed by atoms with Crippen molar-refractivity contribution in [3.63, 3.8) is 0 Å². The summed E-state index contributed by atoms with van der Waals surface area (Å²) in [5, 5.41) is 12.0. The van der Waals surface area contributed by atoms with Crippen LogP contribution in [0.25, 0.3) is 0 Å². The minimum Gasteiger partial charge on any atom is -0.395 e. The fourth-order valence-electron chi connectivity index (χ4n) is 1.97. The molecular weight excluding hydrogens is 221 g/mol. The van der Waals surface area contributed by atoms with E-state index in [4.69, 9.17) is 5.11 Å². The molecule has 1 aliphatic heterocycles. The monoisotopic (exact) mass is 240 g/mol. The first-order chi connectivity index (χ1) is 7.40. The highest BCUT2D eigenvalue weighted by Gasteiger charge is 2.32. The highest BCUT2D eigenvalue weighted by Crippen LogP contribution is 2.19. The lowest BCUT2D eigenvalue weighted by atomic mass is 10.0. The van der Waals surface area contributed by atoms with Gasteiger partial charge in [0.15, 0.2) is 0 Å². The number of aliphatic hydroxyl groups excluding tert-OH is 1. The van der Waals surface area contributed by atoms with Crippen molar-refractivity contribution in [1.29, 1.82) is 0 Å². The Balaban J connectivity index is 2.23. The molecule has 0 aliphatic carbocycles. The van der Waals surface area contributed by atoms with Gasteiger partial charge < -0.3 is 10.4 Å². The first kappa shape index (κ1) is 13.7. The van der Waals surface area contributed by atoms with E-state index in [2.05, 4.69) is 5.32 Å². The fourth-order valence-corrected chi connectivity index (χ4v) is 1.97. The van der Waals surface area contributed by atoms with Gasteiger partial charge in [0, 0.05) is 12.1 Å². The molecule has 16 heavy (non-hydrogen) atoms. The zero-order valence-electron chi connectivity index (χ0n) is 9.43. The lowest BCUT2D eigenvalue weighted by Gasteiger charge is -2.33. The Morgan fingerprint density at radius 1 is 1.38 bits per heavy atom. The first-order valence-corrected chi connectivity index (χ1v) is 5.56. The Bertz CT molecular complexity index is 203. The van der Waals surface area contributed by atoms with E-state index >= 15 is 0 Å². The Morgan fingerprint density at radius 3 is 2.38 bits per heavy atom. The number of rotatable bonds is 4. The summed E-state index contributed by atoms with van der Waals surface area (Å²) in [4.78, 5) is 1.43.